The second kappa shape index (κ2) is 7.29. The fraction of sp³-hybridized carbons (Fsp3) is 0.562. The minimum absolute atomic E-state index is 0.0233. The van der Waals surface area contributed by atoms with E-state index in [2.05, 4.69) is 17.6 Å². The Morgan fingerprint density at radius 2 is 2.16 bits per heavy atom. The highest BCUT2D eigenvalue weighted by Crippen LogP contribution is 2.19. The van der Waals surface area contributed by atoms with Crippen LogP contribution in [0.3, 0.4) is 0 Å². The molecule has 0 saturated carbocycles. The number of hydrogen-bond donors (Lipinski definition) is 2. The van der Waals surface area contributed by atoms with Gasteiger partial charge in [-0.25, -0.2) is 0 Å². The molecule has 1 saturated heterocycles. The van der Waals surface area contributed by atoms with Crippen LogP contribution in [-0.2, 0) is 4.79 Å². The van der Waals surface area contributed by atoms with E-state index in [4.69, 9.17) is 0 Å². The SMILES string of the molecule is CCC(C(=O)NCC1CCCCN1)c1ccccc1. The van der Waals surface area contributed by atoms with Crippen molar-refractivity contribution < 1.29 is 4.79 Å². The molecule has 2 atom stereocenters. The van der Waals surface area contributed by atoms with Crippen molar-refractivity contribution in [1.29, 1.82) is 0 Å². The molecule has 2 rings (SSSR count). The Labute approximate surface area is 115 Å². The summed E-state index contributed by atoms with van der Waals surface area (Å²) >= 11 is 0. The number of hydrogen-bond acceptors (Lipinski definition) is 2. The van der Waals surface area contributed by atoms with E-state index in [-0.39, 0.29) is 11.8 Å². The first kappa shape index (κ1) is 14.1. The number of amides is 1. The van der Waals surface area contributed by atoms with Gasteiger partial charge in [0, 0.05) is 12.6 Å². The van der Waals surface area contributed by atoms with Gasteiger partial charge in [-0.05, 0) is 31.4 Å². The van der Waals surface area contributed by atoms with E-state index in [9.17, 15) is 4.79 Å². The topological polar surface area (TPSA) is 41.1 Å². The Bertz CT molecular complexity index is 385. The van der Waals surface area contributed by atoms with Crippen LogP contribution in [0.15, 0.2) is 30.3 Å². The third-order valence-electron chi connectivity index (χ3n) is 3.86. The van der Waals surface area contributed by atoms with Gasteiger partial charge in [0.25, 0.3) is 0 Å². The minimum atomic E-state index is -0.0233. The molecule has 2 unspecified atom stereocenters. The first-order valence-corrected chi connectivity index (χ1v) is 7.37. The summed E-state index contributed by atoms with van der Waals surface area (Å²) in [6.45, 7) is 3.90. The van der Waals surface area contributed by atoms with E-state index in [1.807, 2.05) is 30.3 Å². The van der Waals surface area contributed by atoms with Crippen molar-refractivity contribution in [3.05, 3.63) is 35.9 Å². The molecule has 1 aromatic carbocycles. The largest absolute Gasteiger partial charge is 0.354 e. The van der Waals surface area contributed by atoms with E-state index in [1.54, 1.807) is 0 Å². The molecule has 0 aromatic heterocycles. The monoisotopic (exact) mass is 260 g/mol. The van der Waals surface area contributed by atoms with Gasteiger partial charge in [-0.3, -0.25) is 4.79 Å². The van der Waals surface area contributed by atoms with Gasteiger partial charge in [0.05, 0.1) is 5.92 Å². The second-order valence-corrected chi connectivity index (χ2v) is 5.26. The van der Waals surface area contributed by atoms with Gasteiger partial charge in [0.15, 0.2) is 0 Å². The quantitative estimate of drug-likeness (QED) is 0.854. The maximum Gasteiger partial charge on any atom is 0.227 e. The smallest absolute Gasteiger partial charge is 0.227 e. The molecule has 1 aromatic rings. The Morgan fingerprint density at radius 3 is 2.79 bits per heavy atom. The highest BCUT2D eigenvalue weighted by molar-refractivity contribution is 5.83. The normalized spacial score (nSPS) is 20.8. The molecule has 3 heteroatoms. The fourth-order valence-electron chi connectivity index (χ4n) is 2.70. The predicted octanol–water partition coefficient (Wildman–Crippen LogP) is 2.44. The average molecular weight is 260 g/mol. The van der Waals surface area contributed by atoms with Crippen LogP contribution in [0, 0.1) is 0 Å². The number of rotatable bonds is 5. The van der Waals surface area contributed by atoms with E-state index in [0.717, 1.165) is 25.1 Å². The number of carbonyl (C=O) groups excluding carboxylic acids is 1. The van der Waals surface area contributed by atoms with Crippen LogP contribution in [0.25, 0.3) is 0 Å². The summed E-state index contributed by atoms with van der Waals surface area (Å²) in [5.74, 6) is 0.130. The van der Waals surface area contributed by atoms with E-state index >= 15 is 0 Å². The number of carbonyl (C=O) groups is 1. The van der Waals surface area contributed by atoms with Crippen LogP contribution in [-0.4, -0.2) is 25.0 Å². The van der Waals surface area contributed by atoms with Crippen LogP contribution in [0.1, 0.15) is 44.1 Å². The van der Waals surface area contributed by atoms with Crippen LogP contribution >= 0.6 is 0 Å². The molecule has 2 N–H and O–H groups in total. The lowest BCUT2D eigenvalue weighted by Gasteiger charge is -2.24. The summed E-state index contributed by atoms with van der Waals surface area (Å²) in [4.78, 5) is 12.3. The number of piperidine rings is 1. The van der Waals surface area contributed by atoms with Crippen molar-refractivity contribution in [3.63, 3.8) is 0 Å². The zero-order valence-corrected chi connectivity index (χ0v) is 11.7. The molecule has 1 fully saturated rings. The zero-order valence-electron chi connectivity index (χ0n) is 11.7. The standard InChI is InChI=1S/C16H24N2O/c1-2-15(13-8-4-3-5-9-13)16(19)18-12-14-10-6-7-11-17-14/h3-5,8-9,14-15,17H,2,6-7,10-12H2,1H3,(H,18,19). The summed E-state index contributed by atoms with van der Waals surface area (Å²) in [5, 5.41) is 6.56. The van der Waals surface area contributed by atoms with Crippen LogP contribution in [0.2, 0.25) is 0 Å². The minimum Gasteiger partial charge on any atom is -0.354 e. The van der Waals surface area contributed by atoms with Gasteiger partial charge in [-0.1, -0.05) is 43.7 Å². The zero-order chi connectivity index (χ0) is 13.5. The predicted molar refractivity (Wildman–Crippen MR) is 78.1 cm³/mol. The van der Waals surface area contributed by atoms with Gasteiger partial charge < -0.3 is 10.6 Å². The maximum atomic E-state index is 12.3. The van der Waals surface area contributed by atoms with Crippen LogP contribution in [0.4, 0.5) is 0 Å². The fourth-order valence-corrected chi connectivity index (χ4v) is 2.70. The molecule has 1 aliphatic heterocycles. The molecular weight excluding hydrogens is 236 g/mol. The first-order chi connectivity index (χ1) is 9.31. The molecule has 1 heterocycles. The maximum absolute atomic E-state index is 12.3. The molecule has 0 aliphatic carbocycles. The van der Waals surface area contributed by atoms with E-state index in [0.29, 0.717) is 6.04 Å². The van der Waals surface area contributed by atoms with Gasteiger partial charge in [-0.2, -0.15) is 0 Å². The third-order valence-corrected chi connectivity index (χ3v) is 3.86. The lowest BCUT2D eigenvalue weighted by molar-refractivity contribution is -0.122. The molecule has 104 valence electrons. The molecule has 1 amide bonds. The van der Waals surface area contributed by atoms with Crippen molar-refractivity contribution in [2.45, 2.75) is 44.6 Å². The lowest BCUT2D eigenvalue weighted by Crippen LogP contribution is -2.44. The summed E-state index contributed by atoms with van der Waals surface area (Å²) in [6, 6.07) is 10.5. The highest BCUT2D eigenvalue weighted by Gasteiger charge is 2.20. The molecule has 19 heavy (non-hydrogen) atoms. The van der Waals surface area contributed by atoms with Crippen LogP contribution < -0.4 is 10.6 Å². The summed E-state index contributed by atoms with van der Waals surface area (Å²) in [6.07, 6.45) is 4.53. The average Bonchev–Trinajstić information content (AvgIpc) is 2.48. The van der Waals surface area contributed by atoms with Crippen molar-refractivity contribution in [1.82, 2.24) is 10.6 Å². The molecule has 3 nitrogen and oxygen atoms in total. The van der Waals surface area contributed by atoms with E-state index < -0.39 is 0 Å². The van der Waals surface area contributed by atoms with Gasteiger partial charge in [0.2, 0.25) is 5.91 Å². The molecule has 0 bridgehead atoms. The Kier molecular flexibility index (Phi) is 5.40. The van der Waals surface area contributed by atoms with Crippen molar-refractivity contribution in [2.75, 3.05) is 13.1 Å². The third kappa shape index (κ3) is 4.06. The van der Waals surface area contributed by atoms with E-state index in [1.165, 1.54) is 19.3 Å². The second-order valence-electron chi connectivity index (χ2n) is 5.26. The molecular formula is C16H24N2O. The van der Waals surface area contributed by atoms with Crippen LogP contribution in [0.5, 0.6) is 0 Å². The number of benzene rings is 1. The van der Waals surface area contributed by atoms with Gasteiger partial charge >= 0.3 is 0 Å². The Balaban J connectivity index is 1.86. The van der Waals surface area contributed by atoms with Crippen molar-refractivity contribution >= 4 is 5.91 Å². The Morgan fingerprint density at radius 1 is 1.37 bits per heavy atom. The highest BCUT2D eigenvalue weighted by atomic mass is 16.1. The molecule has 0 spiro atoms. The van der Waals surface area contributed by atoms with Gasteiger partial charge in [0.1, 0.15) is 0 Å². The first-order valence-electron chi connectivity index (χ1n) is 7.37. The lowest BCUT2D eigenvalue weighted by atomic mass is 9.95. The summed E-state index contributed by atoms with van der Waals surface area (Å²) in [5.41, 5.74) is 1.11. The Hall–Kier alpha value is -1.35. The number of nitrogens with one attached hydrogen (secondary N) is 2. The summed E-state index contributed by atoms with van der Waals surface area (Å²) < 4.78 is 0. The van der Waals surface area contributed by atoms with Crippen molar-refractivity contribution in [2.24, 2.45) is 0 Å². The molecule has 0 radical (unpaired) electrons. The summed E-state index contributed by atoms with van der Waals surface area (Å²) in [7, 11) is 0. The molecule has 1 aliphatic rings. The van der Waals surface area contributed by atoms with Crippen molar-refractivity contribution in [3.8, 4) is 0 Å². The van der Waals surface area contributed by atoms with Gasteiger partial charge in [-0.15, -0.1) is 0 Å².